The van der Waals surface area contributed by atoms with Gasteiger partial charge in [0.15, 0.2) is 0 Å². The normalized spacial score (nSPS) is 15.3. The molecule has 1 atom stereocenters. The van der Waals surface area contributed by atoms with Gasteiger partial charge in [-0.3, -0.25) is 14.3 Å². The molecule has 2 heterocycles. The summed E-state index contributed by atoms with van der Waals surface area (Å²) in [6, 6.07) is 12.5. The van der Waals surface area contributed by atoms with E-state index < -0.39 is 6.04 Å². The van der Waals surface area contributed by atoms with E-state index >= 15 is 0 Å². The average Bonchev–Trinajstić information content (AvgIpc) is 3.31. The molecule has 172 valence electrons. The molecule has 2 aromatic carbocycles. The van der Waals surface area contributed by atoms with E-state index in [1.165, 1.54) is 24.7 Å². The molecule has 0 radical (unpaired) electrons. The van der Waals surface area contributed by atoms with Crippen LogP contribution in [0.1, 0.15) is 29.0 Å². The highest BCUT2D eigenvalue weighted by Gasteiger charge is 2.33. The van der Waals surface area contributed by atoms with Crippen LogP contribution >= 0.6 is 11.6 Å². The van der Waals surface area contributed by atoms with Crippen molar-refractivity contribution in [3.8, 4) is 5.69 Å². The standard InChI is InChI=1S/C24H24ClFN4O3/c1-2-33-24(32)22(17-3-5-18(25)6-4-17)28-11-13-29(14-12-28)23(31)21-15-27-16-30(21)20-9-7-19(26)8-10-20/h3-10,15-16,22H,2,11-14H2,1H3/t22-/m0/s1. The van der Waals surface area contributed by atoms with Gasteiger partial charge in [-0.25, -0.2) is 14.2 Å². The Bertz CT molecular complexity index is 1110. The molecular weight excluding hydrogens is 447 g/mol. The number of halogens is 2. The summed E-state index contributed by atoms with van der Waals surface area (Å²) in [6.45, 7) is 3.95. The van der Waals surface area contributed by atoms with E-state index in [1.807, 2.05) is 17.0 Å². The maximum atomic E-state index is 13.3. The van der Waals surface area contributed by atoms with Gasteiger partial charge in [0, 0.05) is 36.9 Å². The Morgan fingerprint density at radius 3 is 2.36 bits per heavy atom. The van der Waals surface area contributed by atoms with Gasteiger partial charge in [-0.1, -0.05) is 23.7 Å². The summed E-state index contributed by atoms with van der Waals surface area (Å²) in [4.78, 5) is 33.8. The lowest BCUT2D eigenvalue weighted by Gasteiger charge is -2.38. The molecule has 0 bridgehead atoms. The number of amides is 1. The molecule has 4 rings (SSSR count). The molecular formula is C24H24ClFN4O3. The third kappa shape index (κ3) is 5.07. The Morgan fingerprint density at radius 2 is 1.73 bits per heavy atom. The van der Waals surface area contributed by atoms with Crippen LogP contribution in [0.5, 0.6) is 0 Å². The molecule has 0 N–H and O–H groups in total. The highest BCUT2D eigenvalue weighted by Crippen LogP contribution is 2.26. The summed E-state index contributed by atoms with van der Waals surface area (Å²) in [5.74, 6) is -0.843. The Morgan fingerprint density at radius 1 is 1.06 bits per heavy atom. The van der Waals surface area contributed by atoms with E-state index in [0.29, 0.717) is 42.6 Å². The van der Waals surface area contributed by atoms with Crippen molar-refractivity contribution in [1.82, 2.24) is 19.4 Å². The van der Waals surface area contributed by atoms with Crippen LogP contribution in [-0.2, 0) is 9.53 Å². The van der Waals surface area contributed by atoms with Gasteiger partial charge in [-0.15, -0.1) is 0 Å². The Labute approximate surface area is 196 Å². The zero-order valence-corrected chi connectivity index (χ0v) is 18.9. The lowest BCUT2D eigenvalue weighted by atomic mass is 10.0. The average molecular weight is 471 g/mol. The summed E-state index contributed by atoms with van der Waals surface area (Å²) in [6.07, 6.45) is 3.04. The van der Waals surface area contributed by atoms with Gasteiger partial charge in [0.1, 0.15) is 17.6 Å². The lowest BCUT2D eigenvalue weighted by molar-refractivity contribution is -0.150. The van der Waals surface area contributed by atoms with Crippen molar-refractivity contribution >= 4 is 23.5 Å². The number of ether oxygens (including phenoxy) is 1. The summed E-state index contributed by atoms with van der Waals surface area (Å²) >= 11 is 6.01. The van der Waals surface area contributed by atoms with Gasteiger partial charge in [0.25, 0.3) is 5.91 Å². The van der Waals surface area contributed by atoms with Crippen molar-refractivity contribution in [2.75, 3.05) is 32.8 Å². The largest absolute Gasteiger partial charge is 0.465 e. The first kappa shape index (κ1) is 22.9. The Kier molecular flexibility index (Phi) is 7.05. The predicted molar refractivity (Wildman–Crippen MR) is 122 cm³/mol. The number of carbonyl (C=O) groups is 2. The zero-order chi connectivity index (χ0) is 23.4. The summed E-state index contributed by atoms with van der Waals surface area (Å²) in [5, 5.41) is 0.592. The molecule has 1 amide bonds. The van der Waals surface area contributed by atoms with Crippen LogP contribution in [0.4, 0.5) is 4.39 Å². The van der Waals surface area contributed by atoms with Crippen molar-refractivity contribution in [2.45, 2.75) is 13.0 Å². The first-order chi connectivity index (χ1) is 16.0. The monoisotopic (exact) mass is 470 g/mol. The number of rotatable bonds is 6. The van der Waals surface area contributed by atoms with Crippen LogP contribution in [-0.4, -0.2) is 64.0 Å². The third-order valence-electron chi connectivity index (χ3n) is 5.62. The highest BCUT2D eigenvalue weighted by molar-refractivity contribution is 6.30. The zero-order valence-electron chi connectivity index (χ0n) is 18.2. The number of carbonyl (C=O) groups excluding carboxylic acids is 2. The van der Waals surface area contributed by atoms with Crippen LogP contribution in [0.15, 0.2) is 61.1 Å². The van der Waals surface area contributed by atoms with Gasteiger partial charge >= 0.3 is 5.97 Å². The fourth-order valence-corrected chi connectivity index (χ4v) is 4.09. The maximum Gasteiger partial charge on any atom is 0.328 e. The molecule has 0 spiro atoms. The number of esters is 1. The quantitative estimate of drug-likeness (QED) is 0.513. The van der Waals surface area contributed by atoms with Crippen LogP contribution in [0.2, 0.25) is 5.02 Å². The highest BCUT2D eigenvalue weighted by atomic mass is 35.5. The van der Waals surface area contributed by atoms with Crippen molar-refractivity contribution < 1.29 is 18.7 Å². The number of imidazole rings is 1. The van der Waals surface area contributed by atoms with Gasteiger partial charge in [0.05, 0.1) is 19.1 Å². The smallest absolute Gasteiger partial charge is 0.328 e. The minimum Gasteiger partial charge on any atom is -0.465 e. The van der Waals surface area contributed by atoms with Gasteiger partial charge in [-0.2, -0.15) is 0 Å². The first-order valence-corrected chi connectivity index (χ1v) is 11.1. The molecule has 1 fully saturated rings. The van der Waals surface area contributed by atoms with Crippen molar-refractivity contribution in [1.29, 1.82) is 0 Å². The second-order valence-electron chi connectivity index (χ2n) is 7.66. The fraction of sp³-hybridized carbons (Fsp3) is 0.292. The summed E-state index contributed by atoms with van der Waals surface area (Å²) < 4.78 is 20.2. The van der Waals surface area contributed by atoms with Crippen molar-refractivity contribution in [2.24, 2.45) is 0 Å². The SMILES string of the molecule is CCOC(=O)[C@H](c1ccc(Cl)cc1)N1CCN(C(=O)c2cncn2-c2ccc(F)cc2)CC1. The van der Waals surface area contributed by atoms with Crippen LogP contribution in [0.25, 0.3) is 5.69 Å². The maximum absolute atomic E-state index is 13.3. The van der Waals surface area contributed by atoms with Crippen molar-refractivity contribution in [3.63, 3.8) is 0 Å². The minimum absolute atomic E-state index is 0.171. The number of aromatic nitrogens is 2. The van der Waals surface area contributed by atoms with Gasteiger partial charge in [-0.05, 0) is 48.9 Å². The van der Waals surface area contributed by atoms with Gasteiger partial charge in [0.2, 0.25) is 0 Å². The molecule has 1 saturated heterocycles. The summed E-state index contributed by atoms with van der Waals surface area (Å²) in [5.41, 5.74) is 1.85. The third-order valence-corrected chi connectivity index (χ3v) is 5.88. The molecule has 0 unspecified atom stereocenters. The van der Waals surface area contributed by atoms with Crippen LogP contribution in [0.3, 0.4) is 0 Å². The number of piperazine rings is 1. The van der Waals surface area contributed by atoms with E-state index in [-0.39, 0.29) is 24.3 Å². The second-order valence-corrected chi connectivity index (χ2v) is 8.10. The van der Waals surface area contributed by atoms with E-state index in [1.54, 1.807) is 40.7 Å². The molecule has 7 nitrogen and oxygen atoms in total. The Hall–Kier alpha value is -3.23. The van der Waals surface area contributed by atoms with Crippen LogP contribution < -0.4 is 0 Å². The Balaban J connectivity index is 1.48. The molecule has 0 aliphatic carbocycles. The summed E-state index contributed by atoms with van der Waals surface area (Å²) in [7, 11) is 0. The molecule has 0 saturated carbocycles. The molecule has 3 aromatic rings. The number of nitrogens with zero attached hydrogens (tertiary/aromatic N) is 4. The molecule has 1 aliphatic rings. The first-order valence-electron chi connectivity index (χ1n) is 10.7. The topological polar surface area (TPSA) is 67.7 Å². The molecule has 9 heteroatoms. The second kappa shape index (κ2) is 10.1. The minimum atomic E-state index is -0.566. The van der Waals surface area contributed by atoms with Crippen molar-refractivity contribution in [3.05, 3.63) is 83.2 Å². The number of hydrogen-bond donors (Lipinski definition) is 0. The fourth-order valence-electron chi connectivity index (χ4n) is 3.97. The molecule has 1 aliphatic heterocycles. The van der Waals surface area contributed by atoms with Crippen LogP contribution in [0, 0.1) is 5.82 Å². The molecule has 1 aromatic heterocycles. The van der Waals surface area contributed by atoms with E-state index in [2.05, 4.69) is 4.98 Å². The van der Waals surface area contributed by atoms with E-state index in [4.69, 9.17) is 16.3 Å². The van der Waals surface area contributed by atoms with E-state index in [9.17, 15) is 14.0 Å². The molecule has 33 heavy (non-hydrogen) atoms. The predicted octanol–water partition coefficient (Wildman–Crippen LogP) is 3.73. The lowest BCUT2D eigenvalue weighted by Crippen LogP contribution is -2.51. The number of hydrogen-bond acceptors (Lipinski definition) is 5. The van der Waals surface area contributed by atoms with E-state index in [0.717, 1.165) is 5.56 Å². The van der Waals surface area contributed by atoms with Gasteiger partial charge < -0.3 is 9.64 Å². The number of benzene rings is 2.